The molecule has 1 atom stereocenters. The van der Waals surface area contributed by atoms with E-state index in [1.54, 1.807) is 43.3 Å². The molecule has 0 bridgehead atoms. The maximum atomic E-state index is 13.3. The predicted octanol–water partition coefficient (Wildman–Crippen LogP) is 3.87. The Morgan fingerprint density at radius 3 is 2.53 bits per heavy atom. The highest BCUT2D eigenvalue weighted by atomic mass is 19.1. The molecule has 1 aromatic heterocycles. The van der Waals surface area contributed by atoms with E-state index < -0.39 is 17.5 Å². The fourth-order valence-electron chi connectivity index (χ4n) is 4.79. The van der Waals surface area contributed by atoms with Gasteiger partial charge in [-0.2, -0.15) is 0 Å². The summed E-state index contributed by atoms with van der Waals surface area (Å²) in [6.07, 6.45) is 0.672. The van der Waals surface area contributed by atoms with E-state index in [0.717, 1.165) is 21.9 Å². The molecule has 0 spiro atoms. The van der Waals surface area contributed by atoms with Crippen molar-refractivity contribution in [1.82, 2.24) is 14.8 Å². The highest BCUT2D eigenvalue weighted by molar-refractivity contribution is 6.11. The summed E-state index contributed by atoms with van der Waals surface area (Å²) in [5.74, 6) is -0.0474. The van der Waals surface area contributed by atoms with Crippen LogP contribution in [0, 0.1) is 19.7 Å². The summed E-state index contributed by atoms with van der Waals surface area (Å²) >= 11 is 0. The smallest absolute Gasteiger partial charge is 0.325 e. The van der Waals surface area contributed by atoms with Gasteiger partial charge in [-0.05, 0) is 68.7 Å². The molecule has 36 heavy (non-hydrogen) atoms. The fourth-order valence-corrected chi connectivity index (χ4v) is 4.79. The summed E-state index contributed by atoms with van der Waals surface area (Å²) in [6.45, 7) is 5.69. The summed E-state index contributed by atoms with van der Waals surface area (Å²) in [5.41, 5.74) is 2.30. The first-order valence-electron chi connectivity index (χ1n) is 11.7. The van der Waals surface area contributed by atoms with Gasteiger partial charge >= 0.3 is 6.03 Å². The zero-order valence-corrected chi connectivity index (χ0v) is 20.3. The van der Waals surface area contributed by atoms with Gasteiger partial charge in [0.15, 0.2) is 17.3 Å². The number of fused-ring (bicyclic) bond motifs is 1. The van der Waals surface area contributed by atoms with Crippen molar-refractivity contribution in [2.45, 2.75) is 39.3 Å². The van der Waals surface area contributed by atoms with Crippen molar-refractivity contribution >= 4 is 17.7 Å². The van der Waals surface area contributed by atoms with E-state index in [1.807, 2.05) is 18.4 Å². The largest absolute Gasteiger partial charge is 0.454 e. The number of aryl methyl sites for hydroxylation is 2. The van der Waals surface area contributed by atoms with Crippen LogP contribution in [0.2, 0.25) is 0 Å². The molecule has 1 N–H and O–H groups in total. The van der Waals surface area contributed by atoms with Crippen molar-refractivity contribution in [3.05, 3.63) is 82.4 Å². The van der Waals surface area contributed by atoms with E-state index in [9.17, 15) is 18.8 Å². The monoisotopic (exact) mass is 491 g/mol. The van der Waals surface area contributed by atoms with E-state index in [4.69, 9.17) is 9.47 Å². The third-order valence-corrected chi connectivity index (χ3v) is 6.94. The molecule has 8 nitrogen and oxygen atoms in total. The minimum Gasteiger partial charge on any atom is -0.454 e. The van der Waals surface area contributed by atoms with Gasteiger partial charge in [0.05, 0.1) is 6.54 Å². The Balaban J connectivity index is 1.31. The quantitative estimate of drug-likeness (QED) is 0.400. The summed E-state index contributed by atoms with van der Waals surface area (Å²) in [6, 6.07) is 12.5. The highest BCUT2D eigenvalue weighted by Gasteiger charge is 2.50. The number of nitrogens with zero attached hydrogens (tertiary/aromatic N) is 2. The first-order valence-corrected chi connectivity index (χ1v) is 11.7. The van der Waals surface area contributed by atoms with Crippen molar-refractivity contribution in [2.24, 2.45) is 0 Å². The molecule has 3 amide bonds. The van der Waals surface area contributed by atoms with Crippen LogP contribution in [0.5, 0.6) is 11.5 Å². The Bertz CT molecular complexity index is 1380. The number of amides is 3. The van der Waals surface area contributed by atoms with E-state index in [-0.39, 0.29) is 24.9 Å². The number of rotatable bonds is 7. The lowest BCUT2D eigenvalue weighted by Crippen LogP contribution is -2.41. The molecule has 2 aromatic carbocycles. The average molecular weight is 492 g/mol. The number of benzene rings is 2. The zero-order valence-electron chi connectivity index (χ0n) is 20.3. The number of Topliss-reactive ketones (excluding diaryl/α,β-unsaturated/α-hetero) is 1. The second-order valence-electron chi connectivity index (χ2n) is 9.25. The van der Waals surface area contributed by atoms with Gasteiger partial charge in [-0.15, -0.1) is 0 Å². The number of hydrogen-bond acceptors (Lipinski definition) is 5. The lowest BCUT2D eigenvalue weighted by molar-refractivity contribution is -0.130. The lowest BCUT2D eigenvalue weighted by atomic mass is 9.91. The molecule has 0 saturated carbocycles. The minimum absolute atomic E-state index is 0.0960. The van der Waals surface area contributed by atoms with Crippen LogP contribution in [0.3, 0.4) is 0 Å². The maximum Gasteiger partial charge on any atom is 0.325 e. The molecule has 5 rings (SSSR count). The number of carbonyl (C=O) groups excluding carboxylic acids is 3. The van der Waals surface area contributed by atoms with Crippen molar-refractivity contribution in [3.8, 4) is 11.5 Å². The van der Waals surface area contributed by atoms with Crippen LogP contribution in [-0.4, -0.2) is 40.5 Å². The van der Waals surface area contributed by atoms with Gasteiger partial charge in [0.25, 0.3) is 5.91 Å². The number of hydrogen-bond donors (Lipinski definition) is 1. The number of nitrogens with one attached hydrogen (secondary N) is 1. The summed E-state index contributed by atoms with van der Waals surface area (Å²) < 4.78 is 25.9. The van der Waals surface area contributed by atoms with Crippen molar-refractivity contribution in [3.63, 3.8) is 0 Å². The normalized spacial score (nSPS) is 18.6. The number of halogens is 1. The van der Waals surface area contributed by atoms with E-state index >= 15 is 0 Å². The van der Waals surface area contributed by atoms with Crippen molar-refractivity contribution < 1.29 is 28.2 Å². The molecule has 3 heterocycles. The Labute approximate surface area is 207 Å². The van der Waals surface area contributed by atoms with Crippen LogP contribution in [0.25, 0.3) is 0 Å². The van der Waals surface area contributed by atoms with Crippen LogP contribution in [0.15, 0.2) is 48.5 Å². The van der Waals surface area contributed by atoms with Gasteiger partial charge in [-0.1, -0.05) is 18.2 Å². The molecule has 1 unspecified atom stereocenters. The number of imide groups is 1. The van der Waals surface area contributed by atoms with Crippen LogP contribution in [0.4, 0.5) is 9.18 Å². The minimum atomic E-state index is -1.33. The SMILES string of the molecule is Cc1cc(C(=O)CN2C(=O)NC(C)(c3ccc4c(c3)OCO4)C2=O)c(C)n1CCc1ccc(F)cc1. The van der Waals surface area contributed by atoms with Crippen molar-refractivity contribution in [1.29, 1.82) is 0 Å². The first kappa shape index (κ1) is 23.6. The third-order valence-electron chi connectivity index (χ3n) is 6.94. The maximum absolute atomic E-state index is 13.3. The average Bonchev–Trinajstić information content (AvgIpc) is 3.50. The molecule has 3 aromatic rings. The first-order chi connectivity index (χ1) is 17.2. The van der Waals surface area contributed by atoms with Crippen LogP contribution >= 0.6 is 0 Å². The Hall–Kier alpha value is -4.14. The van der Waals surface area contributed by atoms with Crippen molar-refractivity contribution in [2.75, 3.05) is 13.3 Å². The summed E-state index contributed by atoms with van der Waals surface area (Å²) in [7, 11) is 0. The molecule has 9 heteroatoms. The second-order valence-corrected chi connectivity index (χ2v) is 9.25. The molecular weight excluding hydrogens is 465 g/mol. The van der Waals surface area contributed by atoms with E-state index in [1.165, 1.54) is 12.1 Å². The van der Waals surface area contributed by atoms with Crippen LogP contribution < -0.4 is 14.8 Å². The van der Waals surface area contributed by atoms with E-state index in [0.29, 0.717) is 35.6 Å². The molecule has 0 aliphatic carbocycles. The highest BCUT2D eigenvalue weighted by Crippen LogP contribution is 2.38. The predicted molar refractivity (Wildman–Crippen MR) is 129 cm³/mol. The lowest BCUT2D eigenvalue weighted by Gasteiger charge is -2.22. The molecule has 1 fully saturated rings. The van der Waals surface area contributed by atoms with Gasteiger partial charge in [-0.3, -0.25) is 14.5 Å². The number of urea groups is 1. The van der Waals surface area contributed by atoms with Crippen LogP contribution in [-0.2, 0) is 23.3 Å². The van der Waals surface area contributed by atoms with Gasteiger partial charge in [0.1, 0.15) is 11.4 Å². The number of ketones is 1. The Kier molecular flexibility index (Phi) is 5.78. The zero-order chi connectivity index (χ0) is 25.6. The topological polar surface area (TPSA) is 89.9 Å². The van der Waals surface area contributed by atoms with Gasteiger partial charge in [0.2, 0.25) is 6.79 Å². The standard InChI is InChI=1S/C27H26FN3O5/c1-16-12-21(17(2)30(16)11-10-18-4-7-20(28)8-5-18)22(32)14-31-25(33)27(3,29-26(31)34)19-6-9-23-24(13-19)36-15-35-23/h4-9,12-13H,10-11,14-15H2,1-3H3,(H,29,34). The molecule has 186 valence electrons. The third kappa shape index (κ3) is 4.00. The molecule has 2 aliphatic heterocycles. The number of ether oxygens (including phenoxy) is 2. The summed E-state index contributed by atoms with van der Waals surface area (Å²) in [5, 5.41) is 2.72. The summed E-state index contributed by atoms with van der Waals surface area (Å²) in [4.78, 5) is 40.3. The fraction of sp³-hybridized carbons (Fsp3) is 0.296. The van der Waals surface area contributed by atoms with Gasteiger partial charge < -0.3 is 19.4 Å². The van der Waals surface area contributed by atoms with Crippen LogP contribution in [0.1, 0.15) is 39.8 Å². The number of carbonyl (C=O) groups is 3. The molecular formula is C27H26FN3O5. The molecule has 1 saturated heterocycles. The molecule has 0 radical (unpaired) electrons. The Morgan fingerprint density at radius 1 is 1.06 bits per heavy atom. The van der Waals surface area contributed by atoms with Gasteiger partial charge in [0, 0.05) is 23.5 Å². The second kappa shape index (κ2) is 8.82. The number of aromatic nitrogens is 1. The van der Waals surface area contributed by atoms with Gasteiger partial charge in [-0.25, -0.2) is 9.18 Å². The Morgan fingerprint density at radius 2 is 1.78 bits per heavy atom. The van der Waals surface area contributed by atoms with E-state index in [2.05, 4.69) is 5.32 Å². The molecule has 2 aliphatic rings.